The van der Waals surface area contributed by atoms with E-state index < -0.39 is 0 Å². The van der Waals surface area contributed by atoms with Gasteiger partial charge in [0.2, 0.25) is 0 Å². The third-order valence-electron chi connectivity index (χ3n) is 11.5. The monoisotopic (exact) mass is 778 g/mol. The minimum absolute atomic E-state index is 0.00432. The van der Waals surface area contributed by atoms with Crippen LogP contribution in [0.3, 0.4) is 0 Å². The van der Waals surface area contributed by atoms with Crippen LogP contribution in [0, 0.1) is 0 Å². The Hall–Kier alpha value is -5.94. The van der Waals surface area contributed by atoms with Crippen LogP contribution in [0.25, 0.3) is 55.8 Å². The Morgan fingerprint density at radius 1 is 0.492 bits per heavy atom. The van der Waals surface area contributed by atoms with Gasteiger partial charge in [0.1, 0.15) is 23.1 Å². The molecule has 0 unspecified atom stereocenters. The van der Waals surface area contributed by atoms with E-state index in [4.69, 9.17) is 14.7 Å². The van der Waals surface area contributed by atoms with Gasteiger partial charge < -0.3 is 4.74 Å². The second-order valence-corrected chi connectivity index (χ2v) is 20.2. The number of nitrogens with zero attached hydrogens (tertiary/aromatic N) is 4. The molecule has 0 fully saturated rings. The highest BCUT2D eigenvalue weighted by atomic mass is 16.5. The van der Waals surface area contributed by atoms with Crippen molar-refractivity contribution in [2.45, 2.75) is 105 Å². The number of rotatable bonds is 6. The molecule has 59 heavy (non-hydrogen) atoms. The molecule has 0 bridgehead atoms. The van der Waals surface area contributed by atoms with Crippen molar-refractivity contribution in [1.82, 2.24) is 19.1 Å². The van der Waals surface area contributed by atoms with E-state index in [1.807, 2.05) is 18.3 Å². The van der Waals surface area contributed by atoms with Crippen LogP contribution in [-0.2, 0) is 21.7 Å². The number of hydrogen-bond acceptors (Lipinski definition) is 3. The molecular weight excluding hydrogens is 721 g/mol. The first-order chi connectivity index (χ1) is 27.8. The third-order valence-corrected chi connectivity index (χ3v) is 11.5. The maximum atomic E-state index is 6.71. The maximum Gasteiger partial charge on any atom is 0.144 e. The first-order valence-electron chi connectivity index (χ1n) is 20.9. The molecule has 0 saturated carbocycles. The number of para-hydroxylation sites is 1. The van der Waals surface area contributed by atoms with Gasteiger partial charge in [0.05, 0.1) is 11.0 Å². The van der Waals surface area contributed by atoms with Crippen molar-refractivity contribution < 1.29 is 4.74 Å². The van der Waals surface area contributed by atoms with Crippen LogP contribution >= 0.6 is 0 Å². The van der Waals surface area contributed by atoms with Crippen LogP contribution in [0.15, 0.2) is 134 Å². The van der Waals surface area contributed by atoms with E-state index >= 15 is 0 Å². The SMILES string of the molecule is CC(C)(C)c1cccc(-c2cnc(-n3c4ccccc4c4ccc(Oc5cccc(-c6nccn6-c6cc(C(C)(C)C)cc(C(C)(C)C)c6)c5)cc43)cc2C(C)(C)C)c1. The summed E-state index contributed by atoms with van der Waals surface area (Å²) in [4.78, 5) is 10.1. The molecule has 0 atom stereocenters. The Labute approximate surface area is 350 Å². The van der Waals surface area contributed by atoms with Crippen molar-refractivity contribution in [3.05, 3.63) is 156 Å². The van der Waals surface area contributed by atoms with Gasteiger partial charge in [0.25, 0.3) is 0 Å². The van der Waals surface area contributed by atoms with E-state index in [1.54, 1.807) is 0 Å². The van der Waals surface area contributed by atoms with Crippen molar-refractivity contribution in [2.75, 3.05) is 0 Å². The molecule has 8 aromatic rings. The molecular formula is C54H58N4O. The van der Waals surface area contributed by atoms with Gasteiger partial charge in [-0.15, -0.1) is 0 Å². The molecule has 5 aromatic carbocycles. The first-order valence-corrected chi connectivity index (χ1v) is 20.9. The zero-order valence-corrected chi connectivity index (χ0v) is 36.9. The van der Waals surface area contributed by atoms with E-state index in [1.165, 1.54) is 33.2 Å². The zero-order chi connectivity index (χ0) is 42.1. The lowest BCUT2D eigenvalue weighted by Crippen LogP contribution is -2.17. The van der Waals surface area contributed by atoms with Crippen molar-refractivity contribution in [2.24, 2.45) is 0 Å². The van der Waals surface area contributed by atoms with Gasteiger partial charge in [-0.25, -0.2) is 9.97 Å². The van der Waals surface area contributed by atoms with Crippen LogP contribution in [0.4, 0.5) is 0 Å². The minimum Gasteiger partial charge on any atom is -0.457 e. The number of pyridine rings is 1. The molecule has 5 heteroatoms. The van der Waals surface area contributed by atoms with Crippen LogP contribution in [-0.4, -0.2) is 19.1 Å². The number of imidazole rings is 1. The van der Waals surface area contributed by atoms with Gasteiger partial charge in [0.15, 0.2) is 0 Å². The predicted octanol–water partition coefficient (Wildman–Crippen LogP) is 14.7. The highest BCUT2D eigenvalue weighted by molar-refractivity contribution is 6.09. The fourth-order valence-electron chi connectivity index (χ4n) is 8.01. The summed E-state index contributed by atoms with van der Waals surface area (Å²) < 4.78 is 11.2. The standard InChI is InChI=1S/C54H58N4O/c1-51(2,3)37-19-15-17-35(27-37)45-34-56-49(33-46(45)54(10,11)12)58-47-22-14-13-21-43(47)44-24-23-42(32-48(44)58)59-41-20-16-18-36(28-41)50-55-25-26-57(50)40-30-38(52(4,5)6)29-39(31-40)53(7,8)9/h13-34H,1-12H3. The molecule has 0 N–H and O–H groups in total. The Balaban J connectivity index is 1.19. The minimum atomic E-state index is -0.123. The number of benzene rings is 5. The molecule has 0 amide bonds. The van der Waals surface area contributed by atoms with Crippen LogP contribution in [0.1, 0.15) is 105 Å². The summed E-state index contributed by atoms with van der Waals surface area (Å²) in [6.45, 7) is 27.3. The van der Waals surface area contributed by atoms with Gasteiger partial charge in [-0.1, -0.05) is 144 Å². The molecule has 0 radical (unpaired) electrons. The lowest BCUT2D eigenvalue weighted by atomic mass is 9.80. The lowest BCUT2D eigenvalue weighted by molar-refractivity contribution is 0.483. The van der Waals surface area contributed by atoms with Gasteiger partial charge in [-0.3, -0.25) is 9.13 Å². The Bertz CT molecular complexity index is 2810. The summed E-state index contributed by atoms with van der Waals surface area (Å²) in [5.41, 5.74) is 11.7. The number of hydrogen-bond donors (Lipinski definition) is 0. The Morgan fingerprint density at radius 2 is 1.14 bits per heavy atom. The first kappa shape index (κ1) is 39.9. The van der Waals surface area contributed by atoms with Crippen LogP contribution < -0.4 is 4.74 Å². The van der Waals surface area contributed by atoms with E-state index in [2.05, 4.69) is 208 Å². The second-order valence-electron chi connectivity index (χ2n) is 20.2. The van der Waals surface area contributed by atoms with Crippen molar-refractivity contribution in [3.8, 4) is 45.5 Å². The summed E-state index contributed by atoms with van der Waals surface area (Å²) >= 11 is 0. The van der Waals surface area contributed by atoms with E-state index in [9.17, 15) is 0 Å². The van der Waals surface area contributed by atoms with Crippen molar-refractivity contribution >= 4 is 21.8 Å². The average Bonchev–Trinajstić information content (AvgIpc) is 3.80. The number of ether oxygens (including phenoxy) is 1. The summed E-state index contributed by atoms with van der Waals surface area (Å²) in [5, 5.41) is 2.33. The average molecular weight is 779 g/mol. The molecule has 8 rings (SSSR count). The summed E-state index contributed by atoms with van der Waals surface area (Å²) in [6.07, 6.45) is 6.00. The Kier molecular flexibility index (Phi) is 9.74. The topological polar surface area (TPSA) is 44.9 Å². The van der Waals surface area contributed by atoms with Gasteiger partial charge in [0, 0.05) is 52.2 Å². The summed E-state index contributed by atoms with van der Waals surface area (Å²) in [6, 6.07) is 41.4. The second kappa shape index (κ2) is 14.4. The molecule has 0 aliphatic carbocycles. The molecule has 5 nitrogen and oxygen atoms in total. The summed E-state index contributed by atoms with van der Waals surface area (Å²) in [5.74, 6) is 3.24. The molecule has 0 saturated heterocycles. The Morgan fingerprint density at radius 3 is 1.83 bits per heavy atom. The van der Waals surface area contributed by atoms with E-state index in [0.29, 0.717) is 0 Å². The number of aromatic nitrogens is 4. The van der Waals surface area contributed by atoms with Crippen LogP contribution in [0.2, 0.25) is 0 Å². The fraction of sp³-hybridized carbons (Fsp3) is 0.296. The van der Waals surface area contributed by atoms with E-state index in [0.717, 1.165) is 56.4 Å². The van der Waals surface area contributed by atoms with Gasteiger partial charge >= 0.3 is 0 Å². The fourth-order valence-corrected chi connectivity index (χ4v) is 8.01. The smallest absolute Gasteiger partial charge is 0.144 e. The van der Waals surface area contributed by atoms with E-state index in [-0.39, 0.29) is 21.7 Å². The molecule has 0 aliphatic rings. The van der Waals surface area contributed by atoms with Gasteiger partial charge in [-0.2, -0.15) is 0 Å². The summed E-state index contributed by atoms with van der Waals surface area (Å²) in [7, 11) is 0. The highest BCUT2D eigenvalue weighted by Gasteiger charge is 2.25. The third kappa shape index (κ3) is 7.83. The van der Waals surface area contributed by atoms with Crippen LogP contribution in [0.5, 0.6) is 11.5 Å². The molecule has 0 spiro atoms. The molecule has 3 heterocycles. The number of fused-ring (bicyclic) bond motifs is 3. The largest absolute Gasteiger partial charge is 0.457 e. The molecule has 300 valence electrons. The highest BCUT2D eigenvalue weighted by Crippen LogP contribution is 2.40. The quantitative estimate of drug-likeness (QED) is 0.169. The molecule has 3 aromatic heterocycles. The molecule has 0 aliphatic heterocycles. The predicted molar refractivity (Wildman–Crippen MR) is 248 cm³/mol. The maximum absolute atomic E-state index is 6.71. The lowest BCUT2D eigenvalue weighted by Gasteiger charge is -2.26. The van der Waals surface area contributed by atoms with Crippen molar-refractivity contribution in [1.29, 1.82) is 0 Å². The van der Waals surface area contributed by atoms with Crippen molar-refractivity contribution in [3.63, 3.8) is 0 Å². The zero-order valence-electron chi connectivity index (χ0n) is 36.9. The van der Waals surface area contributed by atoms with Gasteiger partial charge in [-0.05, 0) is 98.0 Å². The normalized spacial score (nSPS) is 12.7.